The zero-order chi connectivity index (χ0) is 17.4. The standard InChI is InChI=1S/C18H24N4O2S/c1-12-16(24-15(20-12)11-14-3-4-14)18(23)22-8-6-21(7-9-22)13(2)17-19-5-10-25-17/h5,10,13-14H,3-4,6-9,11H2,1-2H3. The van der Waals surface area contributed by atoms with E-state index in [-0.39, 0.29) is 5.91 Å². The smallest absolute Gasteiger partial charge is 0.291 e. The fourth-order valence-corrected chi connectivity index (χ4v) is 4.09. The Kier molecular flexibility index (Phi) is 4.60. The Labute approximate surface area is 151 Å². The number of aryl methyl sites for hydroxylation is 1. The number of piperazine rings is 1. The number of rotatable bonds is 5. The van der Waals surface area contributed by atoms with E-state index in [4.69, 9.17) is 4.42 Å². The highest BCUT2D eigenvalue weighted by Gasteiger charge is 2.30. The summed E-state index contributed by atoms with van der Waals surface area (Å²) in [5.74, 6) is 1.84. The normalized spacial score (nSPS) is 20.0. The van der Waals surface area contributed by atoms with Crippen molar-refractivity contribution in [2.75, 3.05) is 26.2 Å². The molecule has 1 aliphatic heterocycles. The van der Waals surface area contributed by atoms with E-state index < -0.39 is 0 Å². The van der Waals surface area contributed by atoms with Gasteiger partial charge in [-0.2, -0.15) is 0 Å². The molecule has 0 spiro atoms. The summed E-state index contributed by atoms with van der Waals surface area (Å²) >= 11 is 1.69. The average molecular weight is 360 g/mol. The minimum Gasteiger partial charge on any atom is -0.435 e. The molecule has 1 saturated carbocycles. The van der Waals surface area contributed by atoms with Gasteiger partial charge in [0.05, 0.1) is 11.7 Å². The van der Waals surface area contributed by atoms with Crippen molar-refractivity contribution in [2.45, 2.75) is 39.2 Å². The molecule has 2 fully saturated rings. The third-order valence-corrected chi connectivity index (χ3v) is 6.10. The van der Waals surface area contributed by atoms with Crippen LogP contribution in [-0.2, 0) is 6.42 Å². The average Bonchev–Trinajstić information content (AvgIpc) is 3.12. The second kappa shape index (κ2) is 6.88. The Morgan fingerprint density at radius 3 is 2.76 bits per heavy atom. The van der Waals surface area contributed by atoms with Crippen molar-refractivity contribution in [3.05, 3.63) is 33.9 Å². The van der Waals surface area contributed by atoms with Crippen LogP contribution in [0.2, 0.25) is 0 Å². The predicted octanol–water partition coefficient (Wildman–Crippen LogP) is 2.91. The zero-order valence-corrected chi connectivity index (χ0v) is 15.6. The van der Waals surface area contributed by atoms with Gasteiger partial charge in [0.15, 0.2) is 5.89 Å². The molecule has 0 N–H and O–H groups in total. The van der Waals surface area contributed by atoms with Crippen LogP contribution in [0.3, 0.4) is 0 Å². The van der Waals surface area contributed by atoms with E-state index in [1.807, 2.05) is 23.4 Å². The lowest BCUT2D eigenvalue weighted by molar-refractivity contribution is 0.0550. The van der Waals surface area contributed by atoms with Gasteiger partial charge in [0, 0.05) is 44.2 Å². The maximum absolute atomic E-state index is 12.8. The minimum atomic E-state index is -0.0198. The maximum atomic E-state index is 12.8. The first-order chi connectivity index (χ1) is 12.1. The number of carbonyl (C=O) groups is 1. The Bertz CT molecular complexity index is 730. The Morgan fingerprint density at radius 2 is 2.12 bits per heavy atom. The molecule has 3 heterocycles. The minimum absolute atomic E-state index is 0.0198. The summed E-state index contributed by atoms with van der Waals surface area (Å²) in [5, 5.41) is 3.15. The van der Waals surface area contributed by atoms with Crippen molar-refractivity contribution in [1.82, 2.24) is 19.8 Å². The van der Waals surface area contributed by atoms with E-state index in [1.165, 1.54) is 12.8 Å². The maximum Gasteiger partial charge on any atom is 0.291 e. The van der Waals surface area contributed by atoms with Crippen molar-refractivity contribution in [3.63, 3.8) is 0 Å². The number of nitrogens with zero attached hydrogens (tertiary/aromatic N) is 4. The largest absolute Gasteiger partial charge is 0.435 e. The quantitative estimate of drug-likeness (QED) is 0.820. The summed E-state index contributed by atoms with van der Waals surface area (Å²) in [5.41, 5.74) is 0.722. The first kappa shape index (κ1) is 16.7. The number of carbonyl (C=O) groups excluding carboxylic acids is 1. The van der Waals surface area contributed by atoms with Gasteiger partial charge in [-0.15, -0.1) is 11.3 Å². The summed E-state index contributed by atoms with van der Waals surface area (Å²) in [4.78, 5) is 25.9. The molecule has 0 radical (unpaired) electrons. The van der Waals surface area contributed by atoms with E-state index in [1.54, 1.807) is 11.3 Å². The molecule has 1 unspecified atom stereocenters. The van der Waals surface area contributed by atoms with Crippen molar-refractivity contribution in [3.8, 4) is 0 Å². The monoisotopic (exact) mass is 360 g/mol. The summed E-state index contributed by atoms with van der Waals surface area (Å²) in [6.45, 7) is 7.19. The topological polar surface area (TPSA) is 62.5 Å². The molecule has 2 aromatic heterocycles. The summed E-state index contributed by atoms with van der Waals surface area (Å²) in [7, 11) is 0. The Balaban J connectivity index is 1.37. The number of oxazole rings is 1. The van der Waals surface area contributed by atoms with Gasteiger partial charge in [0.25, 0.3) is 5.91 Å². The van der Waals surface area contributed by atoms with Crippen LogP contribution in [0.5, 0.6) is 0 Å². The van der Waals surface area contributed by atoms with Gasteiger partial charge in [-0.3, -0.25) is 9.69 Å². The molecule has 2 aromatic rings. The van der Waals surface area contributed by atoms with Crippen molar-refractivity contribution in [2.24, 2.45) is 5.92 Å². The molecule has 4 rings (SSSR count). The van der Waals surface area contributed by atoms with Crippen molar-refractivity contribution < 1.29 is 9.21 Å². The number of hydrogen-bond acceptors (Lipinski definition) is 6. The van der Waals surface area contributed by atoms with Crippen LogP contribution in [0.25, 0.3) is 0 Å². The molecule has 6 nitrogen and oxygen atoms in total. The molecule has 1 amide bonds. The van der Waals surface area contributed by atoms with Gasteiger partial charge in [0.2, 0.25) is 5.76 Å². The highest BCUT2D eigenvalue weighted by Crippen LogP contribution is 2.33. The van der Waals surface area contributed by atoms with Crippen LogP contribution >= 0.6 is 11.3 Å². The SMILES string of the molecule is Cc1nc(CC2CC2)oc1C(=O)N1CCN(C(C)c2nccs2)CC1. The summed E-state index contributed by atoms with van der Waals surface area (Å²) < 4.78 is 5.79. The number of thiazole rings is 1. The highest BCUT2D eigenvalue weighted by molar-refractivity contribution is 7.09. The zero-order valence-electron chi connectivity index (χ0n) is 14.8. The van der Waals surface area contributed by atoms with Crippen LogP contribution in [0.15, 0.2) is 16.0 Å². The number of hydrogen-bond donors (Lipinski definition) is 0. The first-order valence-corrected chi connectivity index (χ1v) is 9.89. The van der Waals surface area contributed by atoms with Crippen LogP contribution in [0.1, 0.15) is 53.0 Å². The van der Waals surface area contributed by atoms with Crippen LogP contribution in [0, 0.1) is 12.8 Å². The molecule has 2 aliphatic rings. The lowest BCUT2D eigenvalue weighted by Gasteiger charge is -2.37. The molecule has 0 bridgehead atoms. The van der Waals surface area contributed by atoms with Gasteiger partial charge in [-0.25, -0.2) is 9.97 Å². The molecule has 1 aliphatic carbocycles. The fourth-order valence-electron chi connectivity index (χ4n) is 3.36. The predicted molar refractivity (Wildman–Crippen MR) is 95.7 cm³/mol. The third kappa shape index (κ3) is 3.62. The van der Waals surface area contributed by atoms with Gasteiger partial charge in [0.1, 0.15) is 5.01 Å². The van der Waals surface area contributed by atoms with Gasteiger partial charge >= 0.3 is 0 Å². The molecule has 25 heavy (non-hydrogen) atoms. The Morgan fingerprint density at radius 1 is 1.36 bits per heavy atom. The second-order valence-corrected chi connectivity index (χ2v) is 7.97. The summed E-state index contributed by atoms with van der Waals surface area (Å²) in [6.07, 6.45) is 5.23. The van der Waals surface area contributed by atoms with E-state index in [9.17, 15) is 4.79 Å². The van der Waals surface area contributed by atoms with E-state index in [2.05, 4.69) is 21.8 Å². The van der Waals surface area contributed by atoms with Crippen LogP contribution in [-0.4, -0.2) is 51.9 Å². The molecule has 1 saturated heterocycles. The van der Waals surface area contributed by atoms with Crippen LogP contribution < -0.4 is 0 Å². The molecule has 0 aromatic carbocycles. The molecule has 7 heteroatoms. The molecular formula is C18H24N4O2S. The molecule has 134 valence electrons. The first-order valence-electron chi connectivity index (χ1n) is 9.01. The third-order valence-electron chi connectivity index (χ3n) is 5.15. The molecule has 1 atom stereocenters. The van der Waals surface area contributed by atoms with Gasteiger partial charge in [-0.05, 0) is 32.6 Å². The van der Waals surface area contributed by atoms with E-state index >= 15 is 0 Å². The van der Waals surface area contributed by atoms with Crippen LogP contribution in [0.4, 0.5) is 0 Å². The second-order valence-electron chi connectivity index (χ2n) is 7.04. The van der Waals surface area contributed by atoms with E-state index in [0.717, 1.165) is 36.1 Å². The lowest BCUT2D eigenvalue weighted by Crippen LogP contribution is -2.49. The fraction of sp³-hybridized carbons (Fsp3) is 0.611. The van der Waals surface area contributed by atoms with Crippen molar-refractivity contribution in [1.29, 1.82) is 0 Å². The number of amides is 1. The van der Waals surface area contributed by atoms with Gasteiger partial charge < -0.3 is 9.32 Å². The van der Waals surface area contributed by atoms with Crippen molar-refractivity contribution >= 4 is 17.2 Å². The molecular weight excluding hydrogens is 336 g/mol. The summed E-state index contributed by atoms with van der Waals surface area (Å²) in [6, 6.07) is 0.300. The lowest BCUT2D eigenvalue weighted by atomic mass is 10.2. The van der Waals surface area contributed by atoms with Gasteiger partial charge in [-0.1, -0.05) is 0 Å². The number of aromatic nitrogens is 2. The Hall–Kier alpha value is -1.73. The highest BCUT2D eigenvalue weighted by atomic mass is 32.1. The van der Waals surface area contributed by atoms with E-state index in [0.29, 0.717) is 30.8 Å².